The summed E-state index contributed by atoms with van der Waals surface area (Å²) in [5.41, 5.74) is 3.30. The number of ether oxygens (including phenoxy) is 1. The number of hydrogen-bond donors (Lipinski definition) is 1. The molecule has 7 heteroatoms. The van der Waals surface area contributed by atoms with E-state index < -0.39 is 18.0 Å². The van der Waals surface area contributed by atoms with Crippen molar-refractivity contribution in [2.75, 3.05) is 5.32 Å². The topological polar surface area (TPSA) is 86.1 Å². The number of aromatic nitrogens is 3. The Kier molecular flexibility index (Phi) is 6.52. The van der Waals surface area contributed by atoms with E-state index in [2.05, 4.69) is 15.6 Å². The van der Waals surface area contributed by atoms with Gasteiger partial charge in [-0.15, -0.1) is 5.10 Å². The average Bonchev–Trinajstić information content (AvgIpc) is 3.14. The molecule has 0 saturated heterocycles. The van der Waals surface area contributed by atoms with Crippen molar-refractivity contribution in [3.8, 4) is 0 Å². The Labute approximate surface area is 169 Å². The van der Waals surface area contributed by atoms with Crippen LogP contribution in [0.3, 0.4) is 0 Å². The van der Waals surface area contributed by atoms with E-state index in [0.29, 0.717) is 17.9 Å². The molecule has 0 fully saturated rings. The first-order valence-corrected chi connectivity index (χ1v) is 9.20. The molecule has 29 heavy (non-hydrogen) atoms. The molecule has 1 atom stereocenters. The summed E-state index contributed by atoms with van der Waals surface area (Å²) >= 11 is 0. The van der Waals surface area contributed by atoms with Crippen molar-refractivity contribution in [3.63, 3.8) is 0 Å². The monoisotopic (exact) mass is 390 g/mol. The average molecular weight is 390 g/mol. The zero-order valence-corrected chi connectivity index (χ0v) is 16.3. The summed E-state index contributed by atoms with van der Waals surface area (Å²) in [4.78, 5) is 24.2. The van der Waals surface area contributed by atoms with Crippen LogP contribution >= 0.6 is 0 Å². The molecule has 2 aromatic carbocycles. The molecular weight excluding hydrogens is 368 g/mol. The van der Waals surface area contributed by atoms with Crippen molar-refractivity contribution in [1.82, 2.24) is 15.0 Å². The number of nitrogens with one attached hydrogen (secondary N) is 1. The maximum Gasteiger partial charge on any atom is 0.331 e. The lowest BCUT2D eigenvalue weighted by Crippen LogP contribution is -2.29. The highest BCUT2D eigenvalue weighted by molar-refractivity contribution is 5.96. The Morgan fingerprint density at radius 3 is 2.72 bits per heavy atom. The third kappa shape index (κ3) is 6.14. The fourth-order valence-electron chi connectivity index (χ4n) is 2.62. The van der Waals surface area contributed by atoms with Gasteiger partial charge in [0.25, 0.3) is 5.91 Å². The maximum absolute atomic E-state index is 12.2. The summed E-state index contributed by atoms with van der Waals surface area (Å²) in [6, 6.07) is 17.2. The Hall–Kier alpha value is -3.74. The molecule has 1 amide bonds. The van der Waals surface area contributed by atoms with E-state index in [-0.39, 0.29) is 0 Å². The first-order valence-electron chi connectivity index (χ1n) is 9.20. The minimum Gasteiger partial charge on any atom is -0.449 e. The minimum atomic E-state index is -0.929. The van der Waals surface area contributed by atoms with Gasteiger partial charge in [-0.05, 0) is 43.2 Å². The second kappa shape index (κ2) is 9.45. The van der Waals surface area contributed by atoms with Gasteiger partial charge in [0.1, 0.15) is 5.69 Å². The molecule has 0 saturated carbocycles. The molecular formula is C22H22N4O3. The molecule has 0 bridgehead atoms. The summed E-state index contributed by atoms with van der Waals surface area (Å²) < 4.78 is 6.82. The van der Waals surface area contributed by atoms with Gasteiger partial charge in [-0.3, -0.25) is 4.79 Å². The molecule has 0 spiro atoms. The summed E-state index contributed by atoms with van der Waals surface area (Å²) in [5, 5.41) is 10.8. The number of carbonyl (C=O) groups is 2. The van der Waals surface area contributed by atoms with Gasteiger partial charge in [0, 0.05) is 11.8 Å². The van der Waals surface area contributed by atoms with E-state index in [1.807, 2.05) is 55.5 Å². The lowest BCUT2D eigenvalue weighted by molar-refractivity contribution is -0.148. The van der Waals surface area contributed by atoms with Gasteiger partial charge >= 0.3 is 5.97 Å². The van der Waals surface area contributed by atoms with Crippen molar-refractivity contribution in [3.05, 3.63) is 83.7 Å². The second-order valence-corrected chi connectivity index (χ2v) is 6.60. The molecule has 0 aliphatic heterocycles. The Morgan fingerprint density at radius 2 is 1.97 bits per heavy atom. The summed E-state index contributed by atoms with van der Waals surface area (Å²) in [7, 11) is 0. The quantitative estimate of drug-likeness (QED) is 0.494. The van der Waals surface area contributed by atoms with E-state index in [1.54, 1.807) is 16.9 Å². The molecule has 148 valence electrons. The number of amides is 1. The van der Waals surface area contributed by atoms with Crippen molar-refractivity contribution >= 4 is 23.6 Å². The normalized spacial score (nSPS) is 11.9. The molecule has 0 aliphatic carbocycles. The third-order valence-electron chi connectivity index (χ3n) is 4.08. The summed E-state index contributed by atoms with van der Waals surface area (Å²) in [5.74, 6) is -1.03. The predicted octanol–water partition coefficient (Wildman–Crippen LogP) is 3.22. The molecule has 0 radical (unpaired) electrons. The van der Waals surface area contributed by atoms with Crippen LogP contribution in [0.15, 0.2) is 66.9 Å². The Balaban J connectivity index is 1.50. The zero-order valence-electron chi connectivity index (χ0n) is 16.3. The van der Waals surface area contributed by atoms with E-state index in [0.717, 1.165) is 11.1 Å². The van der Waals surface area contributed by atoms with Gasteiger partial charge in [-0.2, -0.15) is 0 Å². The van der Waals surface area contributed by atoms with E-state index >= 15 is 0 Å². The standard InChI is InChI=1S/C22H22N4O3/c1-16-7-6-10-19(13-16)23-22(28)17(2)29-21(27)12-11-20-15-26(25-24-20)14-18-8-4-3-5-9-18/h3-13,15,17H,14H2,1-2H3,(H,23,28)/b12-11+/t17-/m0/s1. The zero-order chi connectivity index (χ0) is 20.6. The van der Waals surface area contributed by atoms with Gasteiger partial charge < -0.3 is 10.1 Å². The fraction of sp³-hybridized carbons (Fsp3) is 0.182. The molecule has 3 aromatic rings. The van der Waals surface area contributed by atoms with Crippen LogP contribution in [0.25, 0.3) is 6.08 Å². The van der Waals surface area contributed by atoms with Crippen LogP contribution in [-0.4, -0.2) is 33.0 Å². The number of rotatable bonds is 7. The fourth-order valence-corrected chi connectivity index (χ4v) is 2.62. The molecule has 1 N–H and O–H groups in total. The van der Waals surface area contributed by atoms with Crippen molar-refractivity contribution in [2.24, 2.45) is 0 Å². The maximum atomic E-state index is 12.2. The molecule has 1 heterocycles. The van der Waals surface area contributed by atoms with E-state index in [4.69, 9.17) is 4.74 Å². The molecule has 3 rings (SSSR count). The predicted molar refractivity (Wildman–Crippen MR) is 110 cm³/mol. The van der Waals surface area contributed by atoms with Crippen LogP contribution in [0.1, 0.15) is 23.7 Å². The highest BCUT2D eigenvalue weighted by Crippen LogP contribution is 2.10. The number of esters is 1. The Morgan fingerprint density at radius 1 is 1.17 bits per heavy atom. The van der Waals surface area contributed by atoms with Gasteiger partial charge in [0.15, 0.2) is 6.10 Å². The highest BCUT2D eigenvalue weighted by Gasteiger charge is 2.16. The van der Waals surface area contributed by atoms with Crippen molar-refractivity contribution < 1.29 is 14.3 Å². The van der Waals surface area contributed by atoms with Crippen LogP contribution in [-0.2, 0) is 20.9 Å². The lowest BCUT2D eigenvalue weighted by Gasteiger charge is -2.12. The third-order valence-corrected chi connectivity index (χ3v) is 4.08. The van der Waals surface area contributed by atoms with Crippen LogP contribution in [0.4, 0.5) is 5.69 Å². The SMILES string of the molecule is Cc1cccc(NC(=O)[C@H](C)OC(=O)/C=C/c2cn(Cc3ccccc3)nn2)c1. The van der Waals surface area contributed by atoms with Crippen LogP contribution in [0, 0.1) is 6.92 Å². The van der Waals surface area contributed by atoms with E-state index in [1.165, 1.54) is 19.1 Å². The summed E-state index contributed by atoms with van der Waals surface area (Å²) in [6.07, 6.45) is 3.53. The van der Waals surface area contributed by atoms with Gasteiger partial charge in [-0.1, -0.05) is 47.7 Å². The lowest BCUT2D eigenvalue weighted by atomic mass is 10.2. The number of carbonyl (C=O) groups excluding carboxylic acids is 2. The number of nitrogens with zero attached hydrogens (tertiary/aromatic N) is 3. The minimum absolute atomic E-state index is 0.397. The first kappa shape index (κ1) is 20.0. The molecule has 1 aromatic heterocycles. The molecule has 0 unspecified atom stereocenters. The number of anilines is 1. The van der Waals surface area contributed by atoms with Crippen LogP contribution in [0.2, 0.25) is 0 Å². The molecule has 7 nitrogen and oxygen atoms in total. The van der Waals surface area contributed by atoms with Crippen molar-refractivity contribution in [1.29, 1.82) is 0 Å². The number of benzene rings is 2. The van der Waals surface area contributed by atoms with Gasteiger partial charge in [0.05, 0.1) is 12.7 Å². The molecule has 0 aliphatic rings. The smallest absolute Gasteiger partial charge is 0.331 e. The Bertz CT molecular complexity index is 1010. The highest BCUT2D eigenvalue weighted by atomic mass is 16.5. The van der Waals surface area contributed by atoms with E-state index in [9.17, 15) is 9.59 Å². The second-order valence-electron chi connectivity index (χ2n) is 6.60. The summed E-state index contributed by atoms with van der Waals surface area (Å²) in [6.45, 7) is 4.04. The van der Waals surface area contributed by atoms with Crippen molar-refractivity contribution in [2.45, 2.75) is 26.5 Å². The van der Waals surface area contributed by atoms with Crippen LogP contribution < -0.4 is 5.32 Å². The van der Waals surface area contributed by atoms with Crippen LogP contribution in [0.5, 0.6) is 0 Å². The van der Waals surface area contributed by atoms with Gasteiger partial charge in [0.2, 0.25) is 0 Å². The van der Waals surface area contributed by atoms with Gasteiger partial charge in [-0.25, -0.2) is 9.48 Å². The number of hydrogen-bond acceptors (Lipinski definition) is 5. The first-order chi connectivity index (χ1) is 14.0. The number of aryl methyl sites for hydroxylation is 1. The largest absolute Gasteiger partial charge is 0.449 e.